The van der Waals surface area contributed by atoms with Gasteiger partial charge >= 0.3 is 6.01 Å². The van der Waals surface area contributed by atoms with Gasteiger partial charge in [-0.15, -0.1) is 0 Å². The summed E-state index contributed by atoms with van der Waals surface area (Å²) in [7, 11) is 0. The first-order chi connectivity index (χ1) is 21.1. The topological polar surface area (TPSA) is 74.2 Å². The minimum Gasteiger partial charge on any atom is -0.461 e. The number of rotatable bonds is 7. The fourth-order valence-corrected chi connectivity index (χ4v) is 8.73. The molecule has 5 aliphatic rings. The van der Waals surface area contributed by atoms with E-state index in [0.717, 1.165) is 56.8 Å². The van der Waals surface area contributed by atoms with Gasteiger partial charge in [0.2, 0.25) is 0 Å². The highest BCUT2D eigenvalue weighted by atomic mass is 16.5. The third-order valence-corrected chi connectivity index (χ3v) is 11.1. The molecule has 3 aromatic rings. The van der Waals surface area contributed by atoms with Crippen LogP contribution in [0.5, 0.6) is 6.01 Å². The molecule has 3 saturated heterocycles. The van der Waals surface area contributed by atoms with Crippen molar-refractivity contribution < 1.29 is 14.6 Å². The summed E-state index contributed by atoms with van der Waals surface area (Å²) in [6.07, 6.45) is 9.85. The molecule has 1 unspecified atom stereocenters. The molecule has 4 fully saturated rings. The molecule has 8 nitrogen and oxygen atoms in total. The summed E-state index contributed by atoms with van der Waals surface area (Å²) in [5.74, 6) is 0.993. The monoisotopic (exact) mass is 583 g/mol. The molecule has 2 aromatic carbocycles. The van der Waals surface area contributed by atoms with Gasteiger partial charge in [-0.3, -0.25) is 4.90 Å². The molecular weight excluding hydrogens is 538 g/mol. The van der Waals surface area contributed by atoms with Crippen molar-refractivity contribution in [2.45, 2.75) is 88.5 Å². The van der Waals surface area contributed by atoms with Crippen molar-refractivity contribution in [2.24, 2.45) is 0 Å². The molecule has 0 radical (unpaired) electrons. The molecule has 1 aromatic heterocycles. The Labute approximate surface area is 255 Å². The van der Waals surface area contributed by atoms with Gasteiger partial charge in [0.05, 0.1) is 36.1 Å². The summed E-state index contributed by atoms with van der Waals surface area (Å²) in [5.41, 5.74) is 4.94. The van der Waals surface area contributed by atoms with Crippen LogP contribution >= 0.6 is 0 Å². The van der Waals surface area contributed by atoms with Crippen LogP contribution in [0.2, 0.25) is 0 Å². The number of benzene rings is 2. The summed E-state index contributed by atoms with van der Waals surface area (Å²) < 4.78 is 13.0. The molecule has 0 amide bonds. The number of hydrogen-bond acceptors (Lipinski definition) is 8. The largest absolute Gasteiger partial charge is 0.461 e. The molecule has 5 heterocycles. The van der Waals surface area contributed by atoms with E-state index in [2.05, 4.69) is 58.0 Å². The van der Waals surface area contributed by atoms with E-state index in [0.29, 0.717) is 19.2 Å². The average Bonchev–Trinajstić information content (AvgIpc) is 3.62. The number of nitrogens with zero attached hydrogens (tertiary/aromatic N) is 5. The van der Waals surface area contributed by atoms with Gasteiger partial charge in [-0.1, -0.05) is 37.3 Å². The van der Waals surface area contributed by atoms with E-state index >= 15 is 0 Å². The van der Waals surface area contributed by atoms with Gasteiger partial charge in [0.15, 0.2) is 0 Å². The van der Waals surface area contributed by atoms with Crippen molar-refractivity contribution in [3.05, 3.63) is 53.2 Å². The first-order valence-electron chi connectivity index (χ1n) is 16.7. The Balaban J connectivity index is 1.16. The normalized spacial score (nSPS) is 24.3. The lowest BCUT2D eigenvalue weighted by Gasteiger charge is -2.51. The summed E-state index contributed by atoms with van der Waals surface area (Å²) in [5, 5.41) is 12.8. The van der Waals surface area contributed by atoms with Crippen LogP contribution in [0.15, 0.2) is 36.4 Å². The Morgan fingerprint density at radius 1 is 0.977 bits per heavy atom. The van der Waals surface area contributed by atoms with Gasteiger partial charge < -0.3 is 24.4 Å². The quantitative estimate of drug-likeness (QED) is 0.422. The van der Waals surface area contributed by atoms with E-state index < -0.39 is 0 Å². The van der Waals surface area contributed by atoms with Crippen LogP contribution < -0.4 is 14.5 Å². The highest BCUT2D eigenvalue weighted by molar-refractivity contribution is 5.97. The van der Waals surface area contributed by atoms with Gasteiger partial charge in [-0.25, -0.2) is 0 Å². The minimum atomic E-state index is -0.198. The van der Waals surface area contributed by atoms with Crippen LogP contribution in [0.4, 0.5) is 11.5 Å². The van der Waals surface area contributed by atoms with Crippen LogP contribution in [0.25, 0.3) is 10.8 Å². The average molecular weight is 584 g/mol. The fraction of sp³-hybridized carbons (Fsp3) is 0.600. The molecule has 1 aliphatic carbocycles. The van der Waals surface area contributed by atoms with Crippen LogP contribution in [0, 0.1) is 0 Å². The number of anilines is 2. The number of fused-ring (bicyclic) bond motifs is 3. The second kappa shape index (κ2) is 10.9. The van der Waals surface area contributed by atoms with Crippen molar-refractivity contribution in [3.8, 4) is 6.01 Å². The Morgan fingerprint density at radius 3 is 2.53 bits per heavy atom. The zero-order chi connectivity index (χ0) is 29.0. The first kappa shape index (κ1) is 27.6. The number of morpholine rings is 1. The molecule has 43 heavy (non-hydrogen) atoms. The molecule has 1 spiro atoms. The van der Waals surface area contributed by atoms with E-state index in [-0.39, 0.29) is 23.9 Å². The van der Waals surface area contributed by atoms with Crippen LogP contribution in [-0.2, 0) is 24.1 Å². The molecule has 1 atom stereocenters. The SMILES string of the molecule is CCc1cccc2cccc(N3CCc4c(nc(OCC56CCCN5CCC6)nc4N4CC(CO)OC5(CCC5)C4)C3)c12. The maximum absolute atomic E-state index is 10.2. The number of ether oxygens (including phenoxy) is 2. The summed E-state index contributed by atoms with van der Waals surface area (Å²) in [4.78, 5) is 17.8. The van der Waals surface area contributed by atoms with E-state index in [9.17, 15) is 5.11 Å². The summed E-state index contributed by atoms with van der Waals surface area (Å²) >= 11 is 0. The lowest BCUT2D eigenvalue weighted by Crippen LogP contribution is -2.60. The van der Waals surface area contributed by atoms with Crippen molar-refractivity contribution >= 4 is 22.3 Å². The van der Waals surface area contributed by atoms with Gasteiger partial charge in [0.1, 0.15) is 12.4 Å². The molecule has 1 N–H and O–H groups in total. The zero-order valence-electron chi connectivity index (χ0n) is 25.6. The molecule has 228 valence electrons. The highest BCUT2D eigenvalue weighted by Gasteiger charge is 2.47. The molecule has 4 aliphatic heterocycles. The molecule has 8 rings (SSSR count). The molecular formula is C35H45N5O3. The Bertz CT molecular complexity index is 1490. The van der Waals surface area contributed by atoms with Crippen LogP contribution in [-0.4, -0.2) is 83.2 Å². The third-order valence-electron chi connectivity index (χ3n) is 11.1. The Kier molecular flexibility index (Phi) is 6.99. The van der Waals surface area contributed by atoms with Crippen molar-refractivity contribution in [1.29, 1.82) is 0 Å². The number of aryl methyl sites for hydroxylation is 1. The van der Waals surface area contributed by atoms with Crippen molar-refractivity contribution in [3.63, 3.8) is 0 Å². The van der Waals surface area contributed by atoms with E-state index in [1.54, 1.807) is 0 Å². The minimum absolute atomic E-state index is 0.0296. The van der Waals surface area contributed by atoms with Crippen molar-refractivity contribution in [1.82, 2.24) is 14.9 Å². The molecule has 1 saturated carbocycles. The van der Waals surface area contributed by atoms with E-state index in [4.69, 9.17) is 19.4 Å². The zero-order valence-corrected chi connectivity index (χ0v) is 25.6. The second-order valence-electron chi connectivity index (χ2n) is 13.6. The predicted molar refractivity (Wildman–Crippen MR) is 169 cm³/mol. The predicted octanol–water partition coefficient (Wildman–Crippen LogP) is 4.88. The Morgan fingerprint density at radius 2 is 1.79 bits per heavy atom. The number of hydrogen-bond donors (Lipinski definition) is 1. The maximum atomic E-state index is 10.2. The van der Waals surface area contributed by atoms with Crippen LogP contribution in [0.3, 0.4) is 0 Å². The van der Waals surface area contributed by atoms with Gasteiger partial charge in [-0.05, 0) is 87.9 Å². The number of aliphatic hydroxyl groups excluding tert-OH is 1. The fourth-order valence-electron chi connectivity index (χ4n) is 8.73. The maximum Gasteiger partial charge on any atom is 0.318 e. The van der Waals surface area contributed by atoms with E-state index in [1.165, 1.54) is 72.8 Å². The van der Waals surface area contributed by atoms with E-state index in [1.807, 2.05) is 0 Å². The summed E-state index contributed by atoms with van der Waals surface area (Å²) in [6.45, 7) is 8.39. The Hall–Kier alpha value is -2.94. The molecule has 0 bridgehead atoms. The van der Waals surface area contributed by atoms with Gasteiger partial charge in [-0.2, -0.15) is 9.97 Å². The lowest BCUT2D eigenvalue weighted by molar-refractivity contribution is -0.159. The smallest absolute Gasteiger partial charge is 0.318 e. The van der Waals surface area contributed by atoms with Gasteiger partial charge in [0.25, 0.3) is 0 Å². The third kappa shape index (κ3) is 4.77. The van der Waals surface area contributed by atoms with Gasteiger partial charge in [0, 0.05) is 36.3 Å². The standard InChI is InChI=1S/C35H45N5O3/c1-2-25-8-3-9-26-10-4-11-30(31(25)26)38-19-12-28-29(21-38)36-33(42-24-34-13-6-17-40(34)18-7-14-34)37-32(28)39-20-27(22-41)43-35(23-39)15-5-16-35/h3-4,8-11,27,41H,2,5-7,12-24H2,1H3. The molecule has 8 heteroatoms. The second-order valence-corrected chi connectivity index (χ2v) is 13.6. The number of aliphatic hydroxyl groups is 1. The first-order valence-corrected chi connectivity index (χ1v) is 16.7. The highest BCUT2D eigenvalue weighted by Crippen LogP contribution is 2.43. The van der Waals surface area contributed by atoms with Crippen LogP contribution in [0.1, 0.15) is 68.7 Å². The number of aromatic nitrogens is 2. The summed E-state index contributed by atoms with van der Waals surface area (Å²) in [6, 6.07) is 13.8. The lowest BCUT2D eigenvalue weighted by atomic mass is 9.78. The van der Waals surface area contributed by atoms with Crippen molar-refractivity contribution in [2.75, 3.05) is 55.7 Å².